The van der Waals surface area contributed by atoms with Gasteiger partial charge in [0.1, 0.15) is 5.01 Å². The van der Waals surface area contributed by atoms with Gasteiger partial charge in [0.05, 0.1) is 17.1 Å². The zero-order chi connectivity index (χ0) is 18.6. The standard InChI is InChI=1S/C18H23N3O3S2/c1-14(22)15-6-5-7-17(10-15)26(23,24)19-11-18-20-16(13-25-18)12-21-8-3-2-4-9-21/h5-7,10,13,19H,2-4,8-9,11-12H2,1H3. The summed E-state index contributed by atoms with van der Waals surface area (Å²) >= 11 is 1.46. The molecule has 0 saturated carbocycles. The van der Waals surface area contributed by atoms with Crippen LogP contribution in [-0.2, 0) is 23.1 Å². The van der Waals surface area contributed by atoms with E-state index >= 15 is 0 Å². The Bertz CT molecular complexity index is 871. The third-order valence-corrected chi connectivity index (χ3v) is 6.69. The summed E-state index contributed by atoms with van der Waals surface area (Å²) in [7, 11) is -3.68. The molecule has 6 nitrogen and oxygen atoms in total. The molecule has 0 amide bonds. The molecule has 0 radical (unpaired) electrons. The van der Waals surface area contributed by atoms with Gasteiger partial charge in [-0.05, 0) is 45.0 Å². The van der Waals surface area contributed by atoms with Gasteiger partial charge >= 0.3 is 0 Å². The van der Waals surface area contributed by atoms with Crippen LogP contribution in [0.2, 0.25) is 0 Å². The number of nitrogens with one attached hydrogen (secondary N) is 1. The van der Waals surface area contributed by atoms with Gasteiger partial charge in [0.15, 0.2) is 5.78 Å². The lowest BCUT2D eigenvalue weighted by atomic mass is 10.1. The largest absolute Gasteiger partial charge is 0.297 e. The summed E-state index contributed by atoms with van der Waals surface area (Å²) in [5.74, 6) is -0.163. The van der Waals surface area contributed by atoms with Crippen LogP contribution in [0.1, 0.15) is 47.2 Å². The van der Waals surface area contributed by atoms with Gasteiger partial charge in [-0.1, -0.05) is 18.6 Å². The molecule has 0 spiro atoms. The number of carbonyl (C=O) groups excluding carboxylic acids is 1. The number of ketones is 1. The number of carbonyl (C=O) groups is 1. The van der Waals surface area contributed by atoms with E-state index in [0.717, 1.165) is 30.3 Å². The highest BCUT2D eigenvalue weighted by Gasteiger charge is 2.17. The third kappa shape index (κ3) is 4.97. The number of sulfonamides is 1. The minimum atomic E-state index is -3.68. The molecule has 2 heterocycles. The van der Waals surface area contributed by atoms with Crippen molar-refractivity contribution in [1.29, 1.82) is 0 Å². The second-order valence-electron chi connectivity index (χ2n) is 6.48. The van der Waals surface area contributed by atoms with Gasteiger partial charge in [0, 0.05) is 17.5 Å². The molecule has 1 N–H and O–H groups in total. The van der Waals surface area contributed by atoms with Crippen LogP contribution < -0.4 is 4.72 Å². The molecule has 1 aromatic carbocycles. The topological polar surface area (TPSA) is 79.4 Å². The number of aromatic nitrogens is 1. The molecule has 0 bridgehead atoms. The molecule has 1 aromatic heterocycles. The molecule has 0 unspecified atom stereocenters. The molecule has 0 atom stereocenters. The lowest BCUT2D eigenvalue weighted by Crippen LogP contribution is -2.29. The van der Waals surface area contributed by atoms with Gasteiger partial charge in [-0.15, -0.1) is 11.3 Å². The van der Waals surface area contributed by atoms with E-state index < -0.39 is 10.0 Å². The summed E-state index contributed by atoms with van der Waals surface area (Å²) in [5, 5.41) is 2.73. The van der Waals surface area contributed by atoms with Crippen LogP contribution in [0.4, 0.5) is 0 Å². The molecule has 2 aromatic rings. The number of piperidine rings is 1. The lowest BCUT2D eigenvalue weighted by Gasteiger charge is -2.25. The Morgan fingerprint density at radius 2 is 2.04 bits per heavy atom. The van der Waals surface area contributed by atoms with Gasteiger partial charge in [-0.3, -0.25) is 9.69 Å². The molecular formula is C18H23N3O3S2. The minimum absolute atomic E-state index is 0.0929. The normalized spacial score (nSPS) is 15.9. The second kappa shape index (κ2) is 8.39. The molecule has 8 heteroatoms. The molecule has 26 heavy (non-hydrogen) atoms. The fourth-order valence-corrected chi connectivity index (χ4v) is 4.82. The zero-order valence-electron chi connectivity index (χ0n) is 14.8. The number of likely N-dealkylation sites (tertiary alicyclic amines) is 1. The van der Waals surface area contributed by atoms with Crippen molar-refractivity contribution in [2.45, 2.75) is 44.2 Å². The van der Waals surface area contributed by atoms with Gasteiger partial charge in [0.25, 0.3) is 0 Å². The second-order valence-corrected chi connectivity index (χ2v) is 9.19. The van der Waals surface area contributed by atoms with Crippen LogP contribution in [0.5, 0.6) is 0 Å². The SMILES string of the molecule is CC(=O)c1cccc(S(=O)(=O)NCc2nc(CN3CCCCC3)cs2)c1. The van der Waals surface area contributed by atoms with Crippen LogP contribution in [0.25, 0.3) is 0 Å². The predicted molar refractivity (Wildman–Crippen MR) is 102 cm³/mol. The van der Waals surface area contributed by atoms with Crippen LogP contribution in [-0.4, -0.2) is 37.2 Å². The monoisotopic (exact) mass is 393 g/mol. The molecular weight excluding hydrogens is 370 g/mol. The molecule has 1 fully saturated rings. The quantitative estimate of drug-likeness (QED) is 0.732. The summed E-state index contributed by atoms with van der Waals surface area (Å²) in [6, 6.07) is 6.06. The summed E-state index contributed by atoms with van der Waals surface area (Å²) in [6.45, 7) is 4.60. The number of hydrogen-bond donors (Lipinski definition) is 1. The Labute approximate surface area is 158 Å². The van der Waals surface area contributed by atoms with E-state index in [1.807, 2.05) is 5.38 Å². The fourth-order valence-electron chi connectivity index (χ4n) is 2.97. The Morgan fingerprint density at radius 3 is 2.77 bits per heavy atom. The number of nitrogens with zero attached hydrogens (tertiary/aromatic N) is 2. The van der Waals surface area contributed by atoms with Gasteiger partial charge in [-0.25, -0.2) is 18.1 Å². The zero-order valence-corrected chi connectivity index (χ0v) is 16.4. The highest BCUT2D eigenvalue weighted by atomic mass is 32.2. The number of rotatable bonds is 7. The van der Waals surface area contributed by atoms with Crippen molar-refractivity contribution >= 4 is 27.1 Å². The van der Waals surface area contributed by atoms with Crippen LogP contribution in [0.3, 0.4) is 0 Å². The van der Waals surface area contributed by atoms with E-state index in [9.17, 15) is 13.2 Å². The van der Waals surface area contributed by atoms with E-state index in [1.165, 1.54) is 49.7 Å². The maximum absolute atomic E-state index is 12.5. The first-order chi connectivity index (χ1) is 12.4. The van der Waals surface area contributed by atoms with Crippen molar-refractivity contribution < 1.29 is 13.2 Å². The van der Waals surface area contributed by atoms with E-state index in [-0.39, 0.29) is 17.2 Å². The molecule has 3 rings (SSSR count). The molecule has 0 aliphatic carbocycles. The van der Waals surface area contributed by atoms with Crippen molar-refractivity contribution in [3.63, 3.8) is 0 Å². The van der Waals surface area contributed by atoms with Crippen LogP contribution >= 0.6 is 11.3 Å². The first kappa shape index (κ1) is 19.2. The first-order valence-corrected chi connectivity index (χ1v) is 11.1. The number of hydrogen-bond acceptors (Lipinski definition) is 6. The third-order valence-electron chi connectivity index (χ3n) is 4.40. The van der Waals surface area contributed by atoms with Crippen molar-refractivity contribution in [1.82, 2.24) is 14.6 Å². The van der Waals surface area contributed by atoms with Crippen molar-refractivity contribution in [3.8, 4) is 0 Å². The smallest absolute Gasteiger partial charge is 0.240 e. The average Bonchev–Trinajstić information content (AvgIpc) is 3.08. The van der Waals surface area contributed by atoms with Crippen molar-refractivity contribution in [2.24, 2.45) is 0 Å². The van der Waals surface area contributed by atoms with E-state index in [2.05, 4.69) is 14.6 Å². The summed E-state index contributed by atoms with van der Waals surface area (Å²) < 4.78 is 27.5. The highest BCUT2D eigenvalue weighted by molar-refractivity contribution is 7.89. The Hall–Kier alpha value is -1.61. The van der Waals surface area contributed by atoms with Crippen LogP contribution in [0, 0.1) is 0 Å². The van der Waals surface area contributed by atoms with E-state index in [4.69, 9.17) is 0 Å². The number of Topliss-reactive ketones (excluding diaryl/α,β-unsaturated/α-hetero) is 1. The fraction of sp³-hybridized carbons (Fsp3) is 0.444. The van der Waals surface area contributed by atoms with E-state index in [1.54, 1.807) is 12.1 Å². The Morgan fingerprint density at radius 1 is 1.27 bits per heavy atom. The Kier molecular flexibility index (Phi) is 6.18. The van der Waals surface area contributed by atoms with Gasteiger partial charge < -0.3 is 0 Å². The highest BCUT2D eigenvalue weighted by Crippen LogP contribution is 2.17. The van der Waals surface area contributed by atoms with Crippen molar-refractivity contribution in [2.75, 3.05) is 13.1 Å². The summed E-state index contributed by atoms with van der Waals surface area (Å²) in [6.07, 6.45) is 3.76. The van der Waals surface area contributed by atoms with Gasteiger partial charge in [-0.2, -0.15) is 0 Å². The number of thiazole rings is 1. The maximum atomic E-state index is 12.5. The summed E-state index contributed by atoms with van der Waals surface area (Å²) in [5.41, 5.74) is 1.37. The first-order valence-electron chi connectivity index (χ1n) is 8.70. The van der Waals surface area contributed by atoms with Crippen LogP contribution in [0.15, 0.2) is 34.5 Å². The average molecular weight is 394 g/mol. The van der Waals surface area contributed by atoms with Crippen molar-refractivity contribution in [3.05, 3.63) is 45.9 Å². The molecule has 1 aliphatic rings. The molecule has 1 saturated heterocycles. The Balaban J connectivity index is 1.61. The molecule has 140 valence electrons. The number of benzene rings is 1. The lowest BCUT2D eigenvalue weighted by molar-refractivity contribution is 0.101. The maximum Gasteiger partial charge on any atom is 0.240 e. The minimum Gasteiger partial charge on any atom is -0.297 e. The predicted octanol–water partition coefficient (Wildman–Crippen LogP) is 2.81. The summed E-state index contributed by atoms with van der Waals surface area (Å²) in [4.78, 5) is 18.5. The van der Waals surface area contributed by atoms with Gasteiger partial charge in [0.2, 0.25) is 10.0 Å². The molecule has 1 aliphatic heterocycles. The van der Waals surface area contributed by atoms with E-state index in [0.29, 0.717) is 5.56 Å².